The average molecular weight is 271 g/mol. The van der Waals surface area contributed by atoms with E-state index in [9.17, 15) is 0 Å². The molecule has 2 rings (SSSR count). The molecule has 0 heterocycles. The van der Waals surface area contributed by atoms with Crippen LogP contribution in [0.1, 0.15) is 12.5 Å². The maximum Gasteiger partial charge on any atom is 0.119 e. The van der Waals surface area contributed by atoms with Crippen LogP contribution in [0.15, 0.2) is 48.5 Å². The van der Waals surface area contributed by atoms with Crippen LogP contribution < -0.4 is 10.5 Å². The van der Waals surface area contributed by atoms with Crippen molar-refractivity contribution in [1.82, 2.24) is 0 Å². The number of benzene rings is 2. The molecule has 0 amide bonds. The van der Waals surface area contributed by atoms with E-state index in [-0.39, 0.29) is 6.10 Å². The molecule has 20 heavy (non-hydrogen) atoms. The van der Waals surface area contributed by atoms with Gasteiger partial charge in [-0.3, -0.25) is 0 Å². The first-order chi connectivity index (χ1) is 9.72. The average Bonchev–Trinajstić information content (AvgIpc) is 2.48. The van der Waals surface area contributed by atoms with Crippen LogP contribution in [-0.4, -0.2) is 19.8 Å². The van der Waals surface area contributed by atoms with Crippen molar-refractivity contribution >= 4 is 0 Å². The lowest BCUT2D eigenvalue weighted by atomic mass is 10.0. The third kappa shape index (κ3) is 3.83. The molecule has 0 aliphatic heterocycles. The molecule has 0 saturated heterocycles. The number of hydrogen-bond donors (Lipinski definition) is 1. The van der Waals surface area contributed by atoms with E-state index in [0.717, 1.165) is 11.3 Å². The van der Waals surface area contributed by atoms with E-state index in [0.29, 0.717) is 13.2 Å². The second-order valence-corrected chi connectivity index (χ2v) is 4.81. The molecule has 3 nitrogen and oxygen atoms in total. The lowest BCUT2D eigenvalue weighted by molar-refractivity contribution is 0.0921. The van der Waals surface area contributed by atoms with Crippen molar-refractivity contribution in [3.8, 4) is 16.9 Å². The molecule has 0 radical (unpaired) electrons. The summed E-state index contributed by atoms with van der Waals surface area (Å²) in [6.07, 6.45) is 0.0506. The fourth-order valence-electron chi connectivity index (χ4n) is 2.06. The summed E-state index contributed by atoms with van der Waals surface area (Å²) in [5.74, 6) is 0.858. The largest absolute Gasteiger partial charge is 0.488 e. The van der Waals surface area contributed by atoms with Crippen LogP contribution in [0.3, 0.4) is 0 Å². The summed E-state index contributed by atoms with van der Waals surface area (Å²) in [7, 11) is 1.67. The van der Waals surface area contributed by atoms with Gasteiger partial charge in [-0.25, -0.2) is 0 Å². The fourth-order valence-corrected chi connectivity index (χ4v) is 2.06. The Bertz CT molecular complexity index is 520. The molecule has 106 valence electrons. The van der Waals surface area contributed by atoms with Gasteiger partial charge in [-0.05, 0) is 35.7 Å². The molecule has 0 aromatic heterocycles. The predicted molar refractivity (Wildman–Crippen MR) is 81.7 cm³/mol. The maximum absolute atomic E-state index is 5.74. The third-order valence-electron chi connectivity index (χ3n) is 3.12. The molecule has 2 N–H and O–H groups in total. The Labute approximate surface area is 120 Å². The van der Waals surface area contributed by atoms with Gasteiger partial charge in [-0.1, -0.05) is 36.4 Å². The van der Waals surface area contributed by atoms with Crippen LogP contribution >= 0.6 is 0 Å². The smallest absolute Gasteiger partial charge is 0.119 e. The lowest BCUT2D eigenvalue weighted by Gasteiger charge is -2.14. The molecule has 0 aliphatic carbocycles. The molecule has 2 aromatic carbocycles. The fraction of sp³-hybridized carbons (Fsp3) is 0.294. The van der Waals surface area contributed by atoms with E-state index < -0.39 is 0 Å². The van der Waals surface area contributed by atoms with E-state index in [1.54, 1.807) is 7.11 Å². The number of rotatable bonds is 6. The molecule has 0 bridgehead atoms. The summed E-state index contributed by atoms with van der Waals surface area (Å²) >= 11 is 0. The molecule has 3 heteroatoms. The normalized spacial score (nSPS) is 12.2. The monoisotopic (exact) mass is 271 g/mol. The molecule has 1 unspecified atom stereocenters. The minimum absolute atomic E-state index is 0.0506. The summed E-state index contributed by atoms with van der Waals surface area (Å²) in [6.45, 7) is 3.15. The van der Waals surface area contributed by atoms with Gasteiger partial charge in [0.15, 0.2) is 0 Å². The SMILES string of the molecule is COCC(C)Oc1ccc(-c2ccc(CN)cc2)cc1. The minimum Gasteiger partial charge on any atom is -0.488 e. The van der Waals surface area contributed by atoms with E-state index >= 15 is 0 Å². The van der Waals surface area contributed by atoms with Crippen molar-refractivity contribution in [3.05, 3.63) is 54.1 Å². The van der Waals surface area contributed by atoms with E-state index in [1.807, 2.05) is 19.1 Å². The van der Waals surface area contributed by atoms with Gasteiger partial charge in [0.2, 0.25) is 0 Å². The molecule has 2 aromatic rings. The third-order valence-corrected chi connectivity index (χ3v) is 3.12. The topological polar surface area (TPSA) is 44.5 Å². The highest BCUT2D eigenvalue weighted by Crippen LogP contribution is 2.23. The van der Waals surface area contributed by atoms with Crippen LogP contribution in [0.4, 0.5) is 0 Å². The summed E-state index contributed by atoms with van der Waals surface area (Å²) in [5, 5.41) is 0. The van der Waals surface area contributed by atoms with Gasteiger partial charge >= 0.3 is 0 Å². The Balaban J connectivity index is 2.07. The van der Waals surface area contributed by atoms with Crippen molar-refractivity contribution in [2.24, 2.45) is 5.73 Å². The Hall–Kier alpha value is -1.84. The number of ether oxygens (including phenoxy) is 2. The van der Waals surface area contributed by atoms with Crippen LogP contribution in [-0.2, 0) is 11.3 Å². The van der Waals surface area contributed by atoms with Gasteiger partial charge in [0.1, 0.15) is 11.9 Å². The molecular formula is C17H21NO2. The van der Waals surface area contributed by atoms with Gasteiger partial charge in [0.25, 0.3) is 0 Å². The summed E-state index contributed by atoms with van der Waals surface area (Å²) in [5.41, 5.74) is 9.09. The Morgan fingerprint density at radius 1 is 0.950 bits per heavy atom. The standard InChI is InChI=1S/C17H21NO2/c1-13(12-19-2)20-17-9-7-16(8-10-17)15-5-3-14(11-18)4-6-15/h3-10,13H,11-12,18H2,1-2H3. The molecule has 0 aliphatic rings. The predicted octanol–water partition coefficient (Wildman–Crippen LogP) is 3.23. The van der Waals surface area contributed by atoms with Gasteiger partial charge in [0.05, 0.1) is 6.61 Å². The van der Waals surface area contributed by atoms with E-state index in [1.165, 1.54) is 11.1 Å². The zero-order chi connectivity index (χ0) is 14.4. The first-order valence-corrected chi connectivity index (χ1v) is 6.78. The number of nitrogens with two attached hydrogens (primary N) is 1. The van der Waals surface area contributed by atoms with Crippen molar-refractivity contribution in [3.63, 3.8) is 0 Å². The van der Waals surface area contributed by atoms with E-state index in [4.69, 9.17) is 15.2 Å². The summed E-state index contributed by atoms with van der Waals surface area (Å²) in [4.78, 5) is 0. The molecule has 0 spiro atoms. The quantitative estimate of drug-likeness (QED) is 0.877. The molecular weight excluding hydrogens is 250 g/mol. The highest BCUT2D eigenvalue weighted by Gasteiger charge is 2.04. The highest BCUT2D eigenvalue weighted by atomic mass is 16.5. The molecule has 1 atom stereocenters. The second-order valence-electron chi connectivity index (χ2n) is 4.81. The summed E-state index contributed by atoms with van der Waals surface area (Å²) < 4.78 is 10.8. The Morgan fingerprint density at radius 2 is 1.50 bits per heavy atom. The minimum atomic E-state index is 0.0506. The first kappa shape index (κ1) is 14.6. The van der Waals surface area contributed by atoms with Crippen molar-refractivity contribution in [2.75, 3.05) is 13.7 Å². The zero-order valence-electron chi connectivity index (χ0n) is 12.0. The van der Waals surface area contributed by atoms with E-state index in [2.05, 4.69) is 36.4 Å². The Morgan fingerprint density at radius 3 is 2.00 bits per heavy atom. The second kappa shape index (κ2) is 7.08. The van der Waals surface area contributed by atoms with Crippen LogP contribution in [0, 0.1) is 0 Å². The summed E-state index contributed by atoms with van der Waals surface area (Å²) in [6, 6.07) is 16.4. The maximum atomic E-state index is 5.74. The zero-order valence-corrected chi connectivity index (χ0v) is 12.0. The van der Waals surface area contributed by atoms with Gasteiger partial charge in [-0.15, -0.1) is 0 Å². The molecule has 0 saturated carbocycles. The lowest BCUT2D eigenvalue weighted by Crippen LogP contribution is -2.17. The molecule has 0 fully saturated rings. The highest BCUT2D eigenvalue weighted by molar-refractivity contribution is 5.64. The van der Waals surface area contributed by atoms with Crippen molar-refractivity contribution in [2.45, 2.75) is 19.6 Å². The van der Waals surface area contributed by atoms with Crippen LogP contribution in [0.2, 0.25) is 0 Å². The van der Waals surface area contributed by atoms with Crippen LogP contribution in [0.5, 0.6) is 5.75 Å². The first-order valence-electron chi connectivity index (χ1n) is 6.78. The van der Waals surface area contributed by atoms with Crippen molar-refractivity contribution in [1.29, 1.82) is 0 Å². The van der Waals surface area contributed by atoms with Crippen LogP contribution in [0.25, 0.3) is 11.1 Å². The van der Waals surface area contributed by atoms with Gasteiger partial charge in [-0.2, -0.15) is 0 Å². The number of methoxy groups -OCH3 is 1. The van der Waals surface area contributed by atoms with Gasteiger partial charge < -0.3 is 15.2 Å². The number of hydrogen-bond acceptors (Lipinski definition) is 3. The van der Waals surface area contributed by atoms with Gasteiger partial charge in [0, 0.05) is 13.7 Å². The van der Waals surface area contributed by atoms with Crippen molar-refractivity contribution < 1.29 is 9.47 Å². The Kier molecular flexibility index (Phi) is 5.16.